The predicted octanol–water partition coefficient (Wildman–Crippen LogP) is 4.88. The van der Waals surface area contributed by atoms with Crippen LogP contribution < -0.4 is 19.7 Å². The van der Waals surface area contributed by atoms with Crippen LogP contribution in [0, 0.1) is 0 Å². The second-order valence-corrected chi connectivity index (χ2v) is 7.04. The highest BCUT2D eigenvalue weighted by molar-refractivity contribution is 6.46. The smallest absolute Gasteiger partial charge is 0.282 e. The molecule has 162 valence electrons. The molecule has 4 rings (SSSR count). The van der Waals surface area contributed by atoms with E-state index in [4.69, 9.17) is 9.47 Å². The number of para-hydroxylation sites is 2. The fourth-order valence-electron chi connectivity index (χ4n) is 3.60. The van der Waals surface area contributed by atoms with Crippen molar-refractivity contribution in [2.75, 3.05) is 23.4 Å². The Bertz CT molecular complexity index is 1150. The number of hydrogen-bond donors (Lipinski definition) is 1. The van der Waals surface area contributed by atoms with Crippen molar-refractivity contribution < 1.29 is 19.1 Å². The summed E-state index contributed by atoms with van der Waals surface area (Å²) in [4.78, 5) is 28.3. The van der Waals surface area contributed by atoms with Gasteiger partial charge in [-0.25, -0.2) is 4.90 Å². The molecule has 0 unspecified atom stereocenters. The summed E-state index contributed by atoms with van der Waals surface area (Å²) in [5.41, 5.74) is 2.29. The molecular formula is C26H24N2O4. The number of ether oxygens (including phenoxy) is 2. The number of nitrogens with zero attached hydrogens (tertiary/aromatic N) is 1. The molecule has 1 N–H and O–H groups in total. The maximum Gasteiger partial charge on any atom is 0.282 e. The molecule has 6 nitrogen and oxygen atoms in total. The fraction of sp³-hybridized carbons (Fsp3) is 0.154. The number of hydrogen-bond acceptors (Lipinski definition) is 5. The minimum atomic E-state index is -0.435. The van der Waals surface area contributed by atoms with E-state index in [-0.39, 0.29) is 5.70 Å². The number of imide groups is 1. The molecule has 6 heteroatoms. The Hall–Kier alpha value is -4.06. The Kier molecular flexibility index (Phi) is 6.22. The first-order valence-corrected chi connectivity index (χ1v) is 10.5. The molecule has 32 heavy (non-hydrogen) atoms. The normalized spacial score (nSPS) is 13.5. The van der Waals surface area contributed by atoms with Gasteiger partial charge in [-0.2, -0.15) is 0 Å². The maximum atomic E-state index is 13.5. The average molecular weight is 428 g/mol. The Morgan fingerprint density at radius 2 is 1.41 bits per heavy atom. The molecule has 0 aromatic heterocycles. The monoisotopic (exact) mass is 428 g/mol. The van der Waals surface area contributed by atoms with Gasteiger partial charge >= 0.3 is 0 Å². The molecule has 2 amide bonds. The van der Waals surface area contributed by atoms with E-state index in [9.17, 15) is 9.59 Å². The molecule has 3 aromatic carbocycles. The summed E-state index contributed by atoms with van der Waals surface area (Å²) in [6.45, 7) is 4.76. The number of benzene rings is 3. The lowest BCUT2D eigenvalue weighted by molar-refractivity contribution is -0.120. The zero-order chi connectivity index (χ0) is 22.5. The molecule has 0 aliphatic carbocycles. The number of amides is 2. The molecule has 0 spiro atoms. The Morgan fingerprint density at radius 3 is 2.09 bits per heavy atom. The number of carbonyl (C=O) groups is 2. The van der Waals surface area contributed by atoms with E-state index in [1.165, 1.54) is 4.90 Å². The maximum absolute atomic E-state index is 13.5. The minimum absolute atomic E-state index is 0.219. The van der Waals surface area contributed by atoms with Crippen LogP contribution in [-0.2, 0) is 9.59 Å². The highest BCUT2D eigenvalue weighted by atomic mass is 16.5. The third-order valence-electron chi connectivity index (χ3n) is 4.99. The highest BCUT2D eigenvalue weighted by Gasteiger charge is 2.41. The molecule has 1 aliphatic rings. The minimum Gasteiger partial charge on any atom is -0.494 e. The van der Waals surface area contributed by atoms with Gasteiger partial charge in [0.05, 0.1) is 24.5 Å². The van der Waals surface area contributed by atoms with E-state index in [2.05, 4.69) is 5.32 Å². The number of anilines is 2. The topological polar surface area (TPSA) is 67.9 Å². The third kappa shape index (κ3) is 4.07. The molecule has 0 saturated carbocycles. The largest absolute Gasteiger partial charge is 0.494 e. The van der Waals surface area contributed by atoms with Crippen LogP contribution >= 0.6 is 0 Å². The molecule has 0 bridgehead atoms. The molecule has 1 aliphatic heterocycles. The van der Waals surface area contributed by atoms with Crippen molar-refractivity contribution in [3.05, 3.63) is 90.1 Å². The number of rotatable bonds is 8. The molecule has 1 heterocycles. The van der Waals surface area contributed by atoms with Crippen molar-refractivity contribution in [3.63, 3.8) is 0 Å². The Labute approximate surface area is 187 Å². The first kappa shape index (κ1) is 21.2. The van der Waals surface area contributed by atoms with E-state index < -0.39 is 11.8 Å². The molecule has 0 radical (unpaired) electrons. The van der Waals surface area contributed by atoms with Gasteiger partial charge in [-0.15, -0.1) is 0 Å². The van der Waals surface area contributed by atoms with Crippen LogP contribution in [-0.4, -0.2) is 25.0 Å². The van der Waals surface area contributed by atoms with Crippen LogP contribution in [0.15, 0.2) is 84.6 Å². The quantitative estimate of drug-likeness (QED) is 0.518. The zero-order valence-electron chi connectivity index (χ0n) is 18.0. The predicted molar refractivity (Wildman–Crippen MR) is 125 cm³/mol. The summed E-state index contributed by atoms with van der Waals surface area (Å²) in [5.74, 6) is 0.375. The molecule has 3 aromatic rings. The van der Waals surface area contributed by atoms with Gasteiger partial charge in [-0.1, -0.05) is 42.5 Å². The first-order chi connectivity index (χ1) is 15.6. The van der Waals surface area contributed by atoms with Crippen molar-refractivity contribution in [1.29, 1.82) is 0 Å². The second-order valence-electron chi connectivity index (χ2n) is 7.04. The lowest BCUT2D eigenvalue weighted by atomic mass is 10.0. The molecule has 0 atom stereocenters. The standard InChI is InChI=1S/C26H24N2O4/c1-3-31-20-16-14-19(15-17-20)27-24-23(18-10-6-5-7-11-18)25(29)28(26(24)30)21-12-8-9-13-22(21)32-4-2/h5-17,27H,3-4H2,1-2H3. The molecule has 0 fully saturated rings. The second kappa shape index (κ2) is 9.39. The van der Waals surface area contributed by atoms with Crippen molar-refractivity contribution in [3.8, 4) is 11.5 Å². The van der Waals surface area contributed by atoms with Crippen LogP contribution in [0.25, 0.3) is 5.57 Å². The number of nitrogens with one attached hydrogen (secondary N) is 1. The van der Waals surface area contributed by atoms with Gasteiger partial charge in [0.15, 0.2) is 0 Å². The summed E-state index contributed by atoms with van der Waals surface area (Å²) >= 11 is 0. The van der Waals surface area contributed by atoms with E-state index in [0.29, 0.717) is 41.5 Å². The van der Waals surface area contributed by atoms with Gasteiger partial charge in [-0.3, -0.25) is 9.59 Å². The van der Waals surface area contributed by atoms with Gasteiger partial charge in [0.2, 0.25) is 0 Å². The van der Waals surface area contributed by atoms with E-state index in [1.807, 2.05) is 74.5 Å². The molecule has 0 saturated heterocycles. The van der Waals surface area contributed by atoms with Gasteiger partial charge in [0.1, 0.15) is 17.2 Å². The van der Waals surface area contributed by atoms with Gasteiger partial charge in [0, 0.05) is 5.69 Å². The number of carbonyl (C=O) groups excluding carboxylic acids is 2. The fourth-order valence-corrected chi connectivity index (χ4v) is 3.60. The lowest BCUT2D eigenvalue weighted by Gasteiger charge is -2.19. The Balaban J connectivity index is 1.76. The van der Waals surface area contributed by atoms with Crippen molar-refractivity contribution in [1.82, 2.24) is 0 Å². The van der Waals surface area contributed by atoms with Crippen LogP contribution in [0.1, 0.15) is 19.4 Å². The summed E-state index contributed by atoms with van der Waals surface area (Å²) in [6.07, 6.45) is 0. The SMILES string of the molecule is CCOc1ccc(NC2=C(c3ccccc3)C(=O)N(c3ccccc3OCC)C2=O)cc1. The highest BCUT2D eigenvalue weighted by Crippen LogP contribution is 2.37. The lowest BCUT2D eigenvalue weighted by Crippen LogP contribution is -2.32. The van der Waals surface area contributed by atoms with Crippen LogP contribution in [0.5, 0.6) is 11.5 Å². The molecular weight excluding hydrogens is 404 g/mol. The van der Waals surface area contributed by atoms with E-state index in [1.54, 1.807) is 18.2 Å². The summed E-state index contributed by atoms with van der Waals surface area (Å²) in [5, 5.41) is 3.16. The summed E-state index contributed by atoms with van der Waals surface area (Å²) < 4.78 is 11.2. The average Bonchev–Trinajstić information content (AvgIpc) is 3.06. The van der Waals surface area contributed by atoms with Crippen molar-refractivity contribution in [2.24, 2.45) is 0 Å². The zero-order valence-corrected chi connectivity index (χ0v) is 18.0. The van der Waals surface area contributed by atoms with Crippen molar-refractivity contribution in [2.45, 2.75) is 13.8 Å². The van der Waals surface area contributed by atoms with Crippen LogP contribution in [0.2, 0.25) is 0 Å². The Morgan fingerprint density at radius 1 is 0.750 bits per heavy atom. The van der Waals surface area contributed by atoms with Crippen LogP contribution in [0.3, 0.4) is 0 Å². The van der Waals surface area contributed by atoms with E-state index >= 15 is 0 Å². The van der Waals surface area contributed by atoms with E-state index in [0.717, 1.165) is 5.75 Å². The summed E-state index contributed by atoms with van der Waals surface area (Å²) in [6, 6.07) is 23.5. The van der Waals surface area contributed by atoms with Crippen LogP contribution in [0.4, 0.5) is 11.4 Å². The van der Waals surface area contributed by atoms with Gasteiger partial charge < -0.3 is 14.8 Å². The third-order valence-corrected chi connectivity index (χ3v) is 4.99. The van der Waals surface area contributed by atoms with Crippen molar-refractivity contribution >= 4 is 28.8 Å². The first-order valence-electron chi connectivity index (χ1n) is 10.5. The summed E-state index contributed by atoms with van der Waals surface area (Å²) in [7, 11) is 0. The van der Waals surface area contributed by atoms with Gasteiger partial charge in [0.25, 0.3) is 11.8 Å². The van der Waals surface area contributed by atoms with Gasteiger partial charge in [-0.05, 0) is 55.8 Å².